The first kappa shape index (κ1) is 24.6. The van der Waals surface area contributed by atoms with Crippen LogP contribution in [0.25, 0.3) is 22.2 Å². The number of carbonyl (C=O) groups is 2. The molecule has 0 spiro atoms. The van der Waals surface area contributed by atoms with Gasteiger partial charge >= 0.3 is 0 Å². The van der Waals surface area contributed by atoms with Crippen LogP contribution in [0.4, 0.5) is 5.00 Å². The number of rotatable bonds is 6. The minimum absolute atomic E-state index is 0.138. The van der Waals surface area contributed by atoms with Crippen LogP contribution in [0.3, 0.4) is 0 Å². The summed E-state index contributed by atoms with van der Waals surface area (Å²) in [7, 11) is 0. The van der Waals surface area contributed by atoms with Gasteiger partial charge in [-0.05, 0) is 50.6 Å². The van der Waals surface area contributed by atoms with Crippen LogP contribution in [-0.4, -0.2) is 34.8 Å². The molecule has 1 N–H and O–H groups in total. The number of hydrogen-bond acceptors (Lipinski definition) is 5. The van der Waals surface area contributed by atoms with Crippen molar-refractivity contribution < 1.29 is 9.59 Å². The van der Waals surface area contributed by atoms with Gasteiger partial charge in [0.1, 0.15) is 11.1 Å². The van der Waals surface area contributed by atoms with Crippen LogP contribution < -0.4 is 5.32 Å². The number of amides is 2. The van der Waals surface area contributed by atoms with Crippen molar-refractivity contribution in [2.75, 3.05) is 18.4 Å². The van der Waals surface area contributed by atoms with Gasteiger partial charge in [-0.2, -0.15) is 5.26 Å². The number of carbonyl (C=O) groups excluding carboxylic acids is 2. The largest absolute Gasteiger partial charge is 0.338 e. The number of thiophene rings is 1. The summed E-state index contributed by atoms with van der Waals surface area (Å²) in [4.78, 5) is 33.4. The maximum Gasteiger partial charge on any atom is 0.264 e. The number of benzene rings is 2. The van der Waals surface area contributed by atoms with Gasteiger partial charge in [0.05, 0.1) is 27.2 Å². The van der Waals surface area contributed by atoms with Crippen molar-refractivity contribution in [3.05, 3.63) is 80.6 Å². The smallest absolute Gasteiger partial charge is 0.264 e. The van der Waals surface area contributed by atoms with E-state index >= 15 is 0 Å². The second-order valence-corrected chi connectivity index (χ2v) is 9.82. The van der Waals surface area contributed by atoms with Crippen molar-refractivity contribution in [1.29, 1.82) is 5.26 Å². The van der Waals surface area contributed by atoms with Crippen LogP contribution in [0.5, 0.6) is 0 Å². The molecule has 0 bridgehead atoms. The first-order valence-corrected chi connectivity index (χ1v) is 12.8. The average molecular weight is 547 g/mol. The van der Waals surface area contributed by atoms with E-state index in [1.807, 2.05) is 62.4 Å². The molecule has 0 saturated heterocycles. The van der Waals surface area contributed by atoms with Gasteiger partial charge in [-0.15, -0.1) is 11.3 Å². The molecule has 0 saturated carbocycles. The zero-order valence-corrected chi connectivity index (χ0v) is 22.0. The minimum Gasteiger partial charge on any atom is -0.338 e. The zero-order valence-electron chi connectivity index (χ0n) is 19.6. The molecular weight excluding hydrogens is 524 g/mol. The van der Waals surface area contributed by atoms with Gasteiger partial charge < -0.3 is 10.2 Å². The summed E-state index contributed by atoms with van der Waals surface area (Å²) in [6, 6.07) is 19.1. The second kappa shape index (κ2) is 10.4. The van der Waals surface area contributed by atoms with Crippen LogP contribution in [0.1, 0.15) is 45.0 Å². The Balaban J connectivity index is 1.76. The number of pyridine rings is 1. The zero-order chi connectivity index (χ0) is 25.1. The second-order valence-electron chi connectivity index (χ2n) is 7.88. The van der Waals surface area contributed by atoms with Crippen molar-refractivity contribution in [3.8, 4) is 17.3 Å². The summed E-state index contributed by atoms with van der Waals surface area (Å²) >= 11 is 4.59. The van der Waals surface area contributed by atoms with Gasteiger partial charge in [-0.25, -0.2) is 4.98 Å². The standard InChI is InChI=1S/C27H23BrN4O2S/c1-4-32(5-2)27(34)24-16(3)21(15-29)26(35-24)31-25(33)20-14-23(17-10-12-18(28)13-11-17)30-22-9-7-6-8-19(20)22/h6-14H,4-5H2,1-3H3,(H,31,33). The summed E-state index contributed by atoms with van der Waals surface area (Å²) in [5, 5.41) is 13.8. The summed E-state index contributed by atoms with van der Waals surface area (Å²) in [5.41, 5.74) is 3.58. The molecule has 8 heteroatoms. The van der Waals surface area contributed by atoms with Crippen LogP contribution in [0, 0.1) is 18.3 Å². The van der Waals surface area contributed by atoms with Gasteiger partial charge in [-0.1, -0.05) is 46.3 Å². The molecule has 0 unspecified atom stereocenters. The molecule has 0 fully saturated rings. The molecule has 2 heterocycles. The van der Waals surface area contributed by atoms with Crippen LogP contribution in [-0.2, 0) is 0 Å². The fourth-order valence-electron chi connectivity index (χ4n) is 3.90. The molecule has 0 radical (unpaired) electrons. The van der Waals surface area contributed by atoms with E-state index in [1.54, 1.807) is 17.9 Å². The normalized spacial score (nSPS) is 10.7. The average Bonchev–Trinajstić information content (AvgIpc) is 3.18. The predicted molar refractivity (Wildman–Crippen MR) is 144 cm³/mol. The van der Waals surface area contributed by atoms with E-state index in [1.165, 1.54) is 0 Å². The third-order valence-electron chi connectivity index (χ3n) is 5.83. The van der Waals surface area contributed by atoms with Crippen LogP contribution >= 0.6 is 27.3 Å². The monoisotopic (exact) mass is 546 g/mol. The van der Waals surface area contributed by atoms with Crippen molar-refractivity contribution >= 4 is 55.0 Å². The summed E-state index contributed by atoms with van der Waals surface area (Å²) < 4.78 is 0.951. The molecule has 2 aromatic carbocycles. The van der Waals surface area contributed by atoms with Gasteiger partial charge in [0.25, 0.3) is 11.8 Å². The topological polar surface area (TPSA) is 86.1 Å². The van der Waals surface area contributed by atoms with E-state index in [9.17, 15) is 14.9 Å². The Hall–Kier alpha value is -3.54. The minimum atomic E-state index is -0.360. The molecule has 176 valence electrons. The number of nitrogens with one attached hydrogen (secondary N) is 1. The lowest BCUT2D eigenvalue weighted by atomic mass is 10.0. The molecule has 0 aliphatic carbocycles. The maximum atomic E-state index is 13.5. The Morgan fingerprint density at radius 1 is 1.11 bits per heavy atom. The Bertz CT molecular complexity index is 1470. The van der Waals surface area contributed by atoms with Crippen molar-refractivity contribution in [3.63, 3.8) is 0 Å². The lowest BCUT2D eigenvalue weighted by Crippen LogP contribution is -2.30. The Kier molecular flexibility index (Phi) is 7.29. The van der Waals surface area contributed by atoms with Gasteiger partial charge in [-0.3, -0.25) is 9.59 Å². The van der Waals surface area contributed by atoms with Gasteiger partial charge in [0.15, 0.2) is 0 Å². The SMILES string of the molecule is CCN(CC)C(=O)c1sc(NC(=O)c2cc(-c3ccc(Br)cc3)nc3ccccc23)c(C#N)c1C. The molecular formula is C27H23BrN4O2S. The van der Waals surface area contributed by atoms with E-state index < -0.39 is 0 Å². The van der Waals surface area contributed by atoms with E-state index in [0.29, 0.717) is 56.3 Å². The Morgan fingerprint density at radius 3 is 2.46 bits per heavy atom. The van der Waals surface area contributed by atoms with E-state index in [4.69, 9.17) is 4.98 Å². The maximum absolute atomic E-state index is 13.5. The van der Waals surface area contributed by atoms with Crippen molar-refractivity contribution in [1.82, 2.24) is 9.88 Å². The highest BCUT2D eigenvalue weighted by Gasteiger charge is 2.25. The third-order valence-corrected chi connectivity index (χ3v) is 7.56. The van der Waals surface area contributed by atoms with Gasteiger partial charge in [0, 0.05) is 28.5 Å². The fraction of sp³-hybridized carbons (Fsp3) is 0.185. The molecule has 0 atom stereocenters. The summed E-state index contributed by atoms with van der Waals surface area (Å²) in [6.07, 6.45) is 0. The molecule has 35 heavy (non-hydrogen) atoms. The number of aromatic nitrogens is 1. The highest BCUT2D eigenvalue weighted by molar-refractivity contribution is 9.10. The predicted octanol–water partition coefficient (Wildman–Crippen LogP) is 6.64. The number of halogens is 1. The first-order valence-electron chi connectivity index (χ1n) is 11.2. The lowest BCUT2D eigenvalue weighted by Gasteiger charge is -2.17. The molecule has 0 aliphatic rings. The number of para-hydroxylation sites is 1. The molecule has 0 aliphatic heterocycles. The van der Waals surface area contributed by atoms with Crippen LogP contribution in [0.2, 0.25) is 0 Å². The number of anilines is 1. The number of nitrogens with zero attached hydrogens (tertiary/aromatic N) is 3. The number of hydrogen-bond donors (Lipinski definition) is 1. The first-order chi connectivity index (χ1) is 16.9. The third kappa shape index (κ3) is 4.83. The highest BCUT2D eigenvalue weighted by atomic mass is 79.9. The van der Waals surface area contributed by atoms with Crippen LogP contribution in [0.15, 0.2) is 59.1 Å². The number of fused-ring (bicyclic) bond motifs is 1. The van der Waals surface area contributed by atoms with E-state index in [2.05, 4.69) is 27.3 Å². The van der Waals surface area contributed by atoms with E-state index in [-0.39, 0.29) is 11.8 Å². The van der Waals surface area contributed by atoms with Crippen molar-refractivity contribution in [2.45, 2.75) is 20.8 Å². The summed E-state index contributed by atoms with van der Waals surface area (Å²) in [6.45, 7) is 6.71. The van der Waals surface area contributed by atoms with E-state index in [0.717, 1.165) is 21.4 Å². The quantitative estimate of drug-likeness (QED) is 0.293. The highest BCUT2D eigenvalue weighted by Crippen LogP contribution is 2.34. The molecule has 6 nitrogen and oxygen atoms in total. The molecule has 4 rings (SSSR count). The Labute approximate surface area is 216 Å². The Morgan fingerprint density at radius 2 is 1.80 bits per heavy atom. The van der Waals surface area contributed by atoms with Crippen molar-refractivity contribution in [2.24, 2.45) is 0 Å². The van der Waals surface area contributed by atoms with Gasteiger partial charge in [0.2, 0.25) is 0 Å². The molecule has 2 aromatic heterocycles. The lowest BCUT2D eigenvalue weighted by molar-refractivity contribution is 0.0777. The number of nitriles is 1. The fourth-order valence-corrected chi connectivity index (χ4v) is 5.28. The summed E-state index contributed by atoms with van der Waals surface area (Å²) in [5.74, 6) is -0.497. The molecule has 4 aromatic rings. The molecule has 2 amide bonds.